The molecule has 0 saturated carbocycles. The van der Waals surface area contributed by atoms with Gasteiger partial charge in [-0.3, -0.25) is 4.79 Å². The Labute approximate surface area is 166 Å². The van der Waals surface area contributed by atoms with E-state index < -0.39 is 0 Å². The summed E-state index contributed by atoms with van der Waals surface area (Å²) in [5, 5.41) is 3.11. The number of hydrogen-bond donors (Lipinski definition) is 1. The predicted octanol–water partition coefficient (Wildman–Crippen LogP) is 5.87. The van der Waals surface area contributed by atoms with Crippen molar-refractivity contribution >= 4 is 17.3 Å². The molecule has 1 aliphatic carbocycles. The second kappa shape index (κ2) is 6.61. The minimum absolute atomic E-state index is 0.0342. The molecule has 148 valence electrons. The number of nitrogens with one attached hydrogen (secondary N) is 1. The van der Waals surface area contributed by atoms with Gasteiger partial charge in [-0.15, -0.1) is 0 Å². The van der Waals surface area contributed by atoms with E-state index >= 15 is 0 Å². The highest BCUT2D eigenvalue weighted by molar-refractivity contribution is 5.93. The minimum atomic E-state index is -0.139. The number of amides is 1. The molecule has 1 aliphatic heterocycles. The summed E-state index contributed by atoms with van der Waals surface area (Å²) >= 11 is 0. The van der Waals surface area contributed by atoms with Crippen LogP contribution in [0, 0.1) is 25.1 Å². The highest BCUT2D eigenvalue weighted by Crippen LogP contribution is 2.52. The first kappa shape index (κ1) is 19.0. The molecule has 0 spiro atoms. The lowest BCUT2D eigenvalue weighted by molar-refractivity contribution is -0.117. The fraction of sp³-hybridized carbons (Fsp3) is 0.458. The molecule has 2 aromatic rings. The molecule has 2 aromatic carbocycles. The van der Waals surface area contributed by atoms with Crippen LogP contribution in [0.2, 0.25) is 0 Å². The predicted molar refractivity (Wildman–Crippen MR) is 112 cm³/mol. The molecule has 4 rings (SSSR count). The van der Waals surface area contributed by atoms with Crippen LogP contribution in [0.1, 0.15) is 67.8 Å². The maximum Gasteiger partial charge on any atom is 0.224 e. The van der Waals surface area contributed by atoms with E-state index in [-0.39, 0.29) is 17.1 Å². The Bertz CT molecular complexity index is 921. The molecule has 1 saturated heterocycles. The molecule has 0 aromatic heterocycles. The van der Waals surface area contributed by atoms with Crippen LogP contribution in [0.25, 0.3) is 0 Å². The third-order valence-electron chi connectivity index (χ3n) is 5.95. The van der Waals surface area contributed by atoms with E-state index in [0.717, 1.165) is 29.8 Å². The minimum Gasteiger partial charge on any atom is -0.364 e. The van der Waals surface area contributed by atoms with Crippen molar-refractivity contribution in [3.63, 3.8) is 0 Å². The Balaban J connectivity index is 1.58. The smallest absolute Gasteiger partial charge is 0.224 e. The van der Waals surface area contributed by atoms with Gasteiger partial charge in [-0.1, -0.05) is 26.8 Å². The standard InChI is InChI=1S/C24H29FN2O/c1-14-8-18(9-15(2)23(14)26-22(28)12-24(3,4)5)27-13-16-10-21(27)19-7-6-17(25)11-20(16)19/h6-9,11,16,21H,10,12-13H2,1-5H3,(H,26,28)/t16-,21-/m0/s1. The van der Waals surface area contributed by atoms with E-state index in [1.54, 1.807) is 12.1 Å². The summed E-state index contributed by atoms with van der Waals surface area (Å²) in [5.41, 5.74) is 6.68. The Morgan fingerprint density at radius 1 is 1.14 bits per heavy atom. The molecular weight excluding hydrogens is 351 g/mol. The fourth-order valence-electron chi connectivity index (χ4n) is 4.81. The Morgan fingerprint density at radius 2 is 1.82 bits per heavy atom. The topological polar surface area (TPSA) is 32.3 Å². The first-order valence-corrected chi connectivity index (χ1v) is 10.1. The molecule has 2 bridgehead atoms. The van der Waals surface area contributed by atoms with Crippen molar-refractivity contribution in [1.29, 1.82) is 0 Å². The van der Waals surface area contributed by atoms with Gasteiger partial charge in [0.1, 0.15) is 5.82 Å². The molecule has 1 amide bonds. The van der Waals surface area contributed by atoms with Crippen LogP contribution < -0.4 is 10.2 Å². The lowest BCUT2D eigenvalue weighted by Crippen LogP contribution is -2.27. The zero-order valence-electron chi connectivity index (χ0n) is 17.4. The zero-order chi connectivity index (χ0) is 20.2. The summed E-state index contributed by atoms with van der Waals surface area (Å²) in [4.78, 5) is 14.8. The number of benzene rings is 2. The molecule has 1 heterocycles. The number of carbonyl (C=O) groups is 1. The molecular formula is C24H29FN2O. The van der Waals surface area contributed by atoms with Gasteiger partial charge in [0, 0.05) is 30.3 Å². The first-order valence-electron chi connectivity index (χ1n) is 10.1. The normalized spacial score (nSPS) is 20.4. The van der Waals surface area contributed by atoms with Crippen LogP contribution in [-0.4, -0.2) is 12.5 Å². The summed E-state index contributed by atoms with van der Waals surface area (Å²) in [6.07, 6.45) is 1.55. The van der Waals surface area contributed by atoms with Crippen molar-refractivity contribution in [3.8, 4) is 0 Å². The van der Waals surface area contributed by atoms with Gasteiger partial charge in [0.2, 0.25) is 5.91 Å². The van der Waals surface area contributed by atoms with Crippen LogP contribution in [0.5, 0.6) is 0 Å². The number of halogens is 1. The van der Waals surface area contributed by atoms with E-state index in [9.17, 15) is 9.18 Å². The van der Waals surface area contributed by atoms with Crippen LogP contribution in [0.15, 0.2) is 30.3 Å². The summed E-state index contributed by atoms with van der Waals surface area (Å²) in [6.45, 7) is 11.3. The average molecular weight is 381 g/mol. The van der Waals surface area contributed by atoms with E-state index in [2.05, 4.69) is 57.0 Å². The number of hydrogen-bond acceptors (Lipinski definition) is 2. The average Bonchev–Trinajstić information content (AvgIpc) is 3.15. The maximum absolute atomic E-state index is 13.6. The molecule has 1 fully saturated rings. The van der Waals surface area contributed by atoms with E-state index in [1.165, 1.54) is 16.8 Å². The van der Waals surface area contributed by atoms with Crippen LogP contribution in [-0.2, 0) is 4.79 Å². The Kier molecular flexibility index (Phi) is 4.48. The number of anilines is 2. The largest absolute Gasteiger partial charge is 0.364 e. The Hall–Kier alpha value is -2.36. The number of fused-ring (bicyclic) bond motifs is 5. The summed E-state index contributed by atoms with van der Waals surface area (Å²) in [5.74, 6) is 0.324. The number of carbonyl (C=O) groups excluding carboxylic acids is 1. The fourth-order valence-corrected chi connectivity index (χ4v) is 4.81. The monoisotopic (exact) mass is 380 g/mol. The van der Waals surface area contributed by atoms with Crippen LogP contribution in [0.3, 0.4) is 0 Å². The second-order valence-electron chi connectivity index (χ2n) is 9.61. The van der Waals surface area contributed by atoms with Crippen molar-refractivity contribution in [3.05, 3.63) is 58.4 Å². The third kappa shape index (κ3) is 3.41. The molecule has 2 aliphatic rings. The number of nitrogens with zero attached hydrogens (tertiary/aromatic N) is 1. The van der Waals surface area contributed by atoms with Gasteiger partial charge in [-0.05, 0) is 72.2 Å². The van der Waals surface area contributed by atoms with Gasteiger partial charge in [0.25, 0.3) is 0 Å². The molecule has 0 unspecified atom stereocenters. The molecule has 0 radical (unpaired) electrons. The van der Waals surface area contributed by atoms with Gasteiger partial charge in [0.15, 0.2) is 0 Å². The van der Waals surface area contributed by atoms with Gasteiger partial charge in [-0.2, -0.15) is 0 Å². The lowest BCUT2D eigenvalue weighted by atomic mass is 9.92. The van der Waals surface area contributed by atoms with Gasteiger partial charge < -0.3 is 10.2 Å². The maximum atomic E-state index is 13.6. The SMILES string of the molecule is Cc1cc(N2C[C@@H]3C[C@H]2c2ccc(F)cc23)cc(C)c1NC(=O)CC(C)(C)C. The lowest BCUT2D eigenvalue weighted by Gasteiger charge is -2.32. The summed E-state index contributed by atoms with van der Waals surface area (Å²) < 4.78 is 13.6. The van der Waals surface area contributed by atoms with Crippen molar-refractivity contribution in [1.82, 2.24) is 0 Å². The third-order valence-corrected chi connectivity index (χ3v) is 5.95. The highest BCUT2D eigenvalue weighted by Gasteiger charge is 2.42. The van der Waals surface area contributed by atoms with Crippen molar-refractivity contribution in [2.24, 2.45) is 5.41 Å². The van der Waals surface area contributed by atoms with E-state index in [1.807, 2.05) is 6.07 Å². The van der Waals surface area contributed by atoms with Gasteiger partial charge >= 0.3 is 0 Å². The van der Waals surface area contributed by atoms with Crippen LogP contribution in [0.4, 0.5) is 15.8 Å². The number of aryl methyl sites for hydroxylation is 2. The first-order chi connectivity index (χ1) is 13.1. The molecule has 1 N–H and O–H groups in total. The van der Waals surface area contributed by atoms with Gasteiger partial charge in [-0.25, -0.2) is 4.39 Å². The van der Waals surface area contributed by atoms with E-state index in [0.29, 0.717) is 18.4 Å². The quantitative estimate of drug-likeness (QED) is 0.723. The zero-order valence-corrected chi connectivity index (χ0v) is 17.4. The molecule has 28 heavy (non-hydrogen) atoms. The second-order valence-corrected chi connectivity index (χ2v) is 9.61. The number of rotatable bonds is 3. The van der Waals surface area contributed by atoms with E-state index in [4.69, 9.17) is 0 Å². The summed E-state index contributed by atoms with van der Waals surface area (Å²) in [6, 6.07) is 9.89. The van der Waals surface area contributed by atoms with Crippen LogP contribution >= 0.6 is 0 Å². The highest BCUT2D eigenvalue weighted by atomic mass is 19.1. The van der Waals surface area contributed by atoms with Crippen molar-refractivity contribution in [2.75, 3.05) is 16.8 Å². The molecule has 4 heteroatoms. The van der Waals surface area contributed by atoms with Crippen molar-refractivity contribution < 1.29 is 9.18 Å². The molecule has 2 atom stereocenters. The Morgan fingerprint density at radius 3 is 2.46 bits per heavy atom. The summed E-state index contributed by atoms with van der Waals surface area (Å²) in [7, 11) is 0. The van der Waals surface area contributed by atoms with Gasteiger partial charge in [0.05, 0.1) is 6.04 Å². The van der Waals surface area contributed by atoms with Crippen molar-refractivity contribution in [2.45, 2.75) is 59.4 Å². The molecule has 3 nitrogen and oxygen atoms in total.